The van der Waals surface area contributed by atoms with Crippen molar-refractivity contribution in [3.8, 4) is 0 Å². The van der Waals surface area contributed by atoms with Crippen LogP contribution >= 0.6 is 22.9 Å². The number of benzene rings is 4. The molecule has 0 unspecified atom stereocenters. The predicted octanol–water partition coefficient (Wildman–Crippen LogP) is 7.56. The average Bonchev–Trinajstić information content (AvgIpc) is 3.07. The third kappa shape index (κ3) is 1.89. The molecule has 6 rings (SSSR count). The topological polar surface area (TPSA) is 12.9 Å². The van der Waals surface area contributed by atoms with Crippen LogP contribution < -0.4 is 0 Å². The van der Waals surface area contributed by atoms with Crippen LogP contribution in [0, 0.1) is 0 Å². The van der Waals surface area contributed by atoms with Crippen LogP contribution in [0.25, 0.3) is 52.6 Å². The molecule has 122 valence electrons. The molecule has 26 heavy (non-hydrogen) atoms. The van der Waals surface area contributed by atoms with Crippen LogP contribution in [0.2, 0.25) is 5.15 Å². The second-order valence-corrected chi connectivity index (χ2v) is 7.99. The molecule has 0 amide bonds. The Kier molecular flexibility index (Phi) is 2.88. The van der Waals surface area contributed by atoms with Gasteiger partial charge in [0, 0.05) is 20.9 Å². The van der Waals surface area contributed by atoms with Gasteiger partial charge < -0.3 is 0 Å². The summed E-state index contributed by atoms with van der Waals surface area (Å²) in [7, 11) is 0. The van der Waals surface area contributed by atoms with E-state index < -0.39 is 0 Å². The SMILES string of the molecule is Clc1nc2cc3c(ccc4ccccc43)cc2c2c1sc1ccccc12. The first-order valence-electron chi connectivity index (χ1n) is 8.51. The molecule has 0 aliphatic rings. The first-order valence-corrected chi connectivity index (χ1v) is 9.71. The highest BCUT2D eigenvalue weighted by molar-refractivity contribution is 7.26. The van der Waals surface area contributed by atoms with Crippen LogP contribution in [0.3, 0.4) is 0 Å². The molecule has 0 N–H and O–H groups in total. The van der Waals surface area contributed by atoms with E-state index >= 15 is 0 Å². The molecule has 0 aliphatic carbocycles. The number of halogens is 1. The van der Waals surface area contributed by atoms with E-state index in [-0.39, 0.29) is 0 Å². The average molecular weight is 370 g/mol. The molecule has 0 aliphatic heterocycles. The van der Waals surface area contributed by atoms with Gasteiger partial charge in [-0.25, -0.2) is 4.98 Å². The van der Waals surface area contributed by atoms with Gasteiger partial charge in [0.1, 0.15) is 5.15 Å². The molecule has 6 aromatic rings. The predicted molar refractivity (Wildman–Crippen MR) is 115 cm³/mol. The number of hydrogen-bond donors (Lipinski definition) is 0. The number of aromatic nitrogens is 1. The fourth-order valence-corrected chi connectivity index (χ4v) is 5.35. The molecular formula is C23H12ClNS. The highest BCUT2D eigenvalue weighted by Crippen LogP contribution is 2.42. The Morgan fingerprint density at radius 2 is 1.46 bits per heavy atom. The number of nitrogens with zero attached hydrogens (tertiary/aromatic N) is 1. The molecule has 2 aromatic heterocycles. The van der Waals surface area contributed by atoms with Gasteiger partial charge >= 0.3 is 0 Å². The van der Waals surface area contributed by atoms with Gasteiger partial charge in [0.25, 0.3) is 0 Å². The zero-order valence-electron chi connectivity index (χ0n) is 13.7. The maximum atomic E-state index is 6.58. The van der Waals surface area contributed by atoms with E-state index in [1.807, 2.05) is 0 Å². The van der Waals surface area contributed by atoms with Crippen molar-refractivity contribution in [2.75, 3.05) is 0 Å². The largest absolute Gasteiger partial charge is 0.235 e. The van der Waals surface area contributed by atoms with Crippen LogP contribution in [0.5, 0.6) is 0 Å². The highest BCUT2D eigenvalue weighted by Gasteiger charge is 2.14. The Morgan fingerprint density at radius 3 is 2.38 bits per heavy atom. The third-order valence-electron chi connectivity index (χ3n) is 5.13. The summed E-state index contributed by atoms with van der Waals surface area (Å²) in [6, 6.07) is 25.8. The molecule has 0 atom stereocenters. The third-order valence-corrected chi connectivity index (χ3v) is 6.70. The van der Waals surface area contributed by atoms with E-state index in [4.69, 9.17) is 16.6 Å². The fraction of sp³-hybridized carbons (Fsp3) is 0. The van der Waals surface area contributed by atoms with Crippen molar-refractivity contribution in [2.45, 2.75) is 0 Å². The molecule has 0 saturated heterocycles. The summed E-state index contributed by atoms with van der Waals surface area (Å²) in [5, 5.41) is 9.18. The maximum Gasteiger partial charge on any atom is 0.147 e. The van der Waals surface area contributed by atoms with E-state index in [2.05, 4.69) is 72.8 Å². The first kappa shape index (κ1) is 14.5. The molecule has 1 nitrogen and oxygen atoms in total. The van der Waals surface area contributed by atoms with Crippen LogP contribution in [0.15, 0.2) is 72.8 Å². The van der Waals surface area contributed by atoms with Crippen molar-refractivity contribution in [3.05, 3.63) is 77.9 Å². The number of hydrogen-bond acceptors (Lipinski definition) is 2. The van der Waals surface area contributed by atoms with Gasteiger partial charge in [-0.15, -0.1) is 11.3 Å². The second kappa shape index (κ2) is 5.16. The van der Waals surface area contributed by atoms with Gasteiger partial charge in [-0.05, 0) is 39.7 Å². The molecule has 0 saturated carbocycles. The van der Waals surface area contributed by atoms with Crippen LogP contribution in [0.1, 0.15) is 0 Å². The summed E-state index contributed by atoms with van der Waals surface area (Å²) >= 11 is 8.29. The quantitative estimate of drug-likeness (QED) is 0.153. The maximum absolute atomic E-state index is 6.58. The van der Waals surface area contributed by atoms with Crippen molar-refractivity contribution >= 4 is 75.6 Å². The van der Waals surface area contributed by atoms with Gasteiger partial charge in [-0.3, -0.25) is 0 Å². The standard InChI is InChI=1S/C23H12ClNS/c24-23-22-21(16-7-3-4-8-20(16)26-22)18-11-14-10-9-13-5-1-2-6-15(13)17(14)12-19(18)25-23/h1-12H. The number of pyridine rings is 1. The molecule has 2 heterocycles. The van der Waals surface area contributed by atoms with E-state index in [9.17, 15) is 0 Å². The lowest BCUT2D eigenvalue weighted by Gasteiger charge is -2.08. The Bertz CT molecular complexity index is 1500. The molecule has 0 radical (unpaired) electrons. The molecule has 3 heteroatoms. The molecule has 4 aromatic carbocycles. The molecular weight excluding hydrogens is 358 g/mol. The van der Waals surface area contributed by atoms with Gasteiger partial charge in [-0.1, -0.05) is 66.2 Å². The number of thiophene rings is 1. The smallest absolute Gasteiger partial charge is 0.147 e. The zero-order valence-corrected chi connectivity index (χ0v) is 15.2. The lowest BCUT2D eigenvalue weighted by Crippen LogP contribution is -1.84. The summed E-state index contributed by atoms with van der Waals surface area (Å²) < 4.78 is 2.32. The molecule has 0 spiro atoms. The Labute approximate surface area is 158 Å². The Morgan fingerprint density at radius 1 is 0.692 bits per heavy atom. The van der Waals surface area contributed by atoms with Crippen molar-refractivity contribution in [1.29, 1.82) is 0 Å². The summed E-state index contributed by atoms with van der Waals surface area (Å²) in [5.41, 5.74) is 0.954. The second-order valence-electron chi connectivity index (χ2n) is 6.58. The monoisotopic (exact) mass is 369 g/mol. The van der Waals surface area contributed by atoms with Crippen molar-refractivity contribution < 1.29 is 0 Å². The fourth-order valence-electron chi connectivity index (χ4n) is 3.95. The van der Waals surface area contributed by atoms with Gasteiger partial charge in [0.2, 0.25) is 0 Å². The van der Waals surface area contributed by atoms with Gasteiger partial charge in [0.15, 0.2) is 0 Å². The summed E-state index contributed by atoms with van der Waals surface area (Å²) in [5.74, 6) is 0. The summed E-state index contributed by atoms with van der Waals surface area (Å²) in [6.07, 6.45) is 0. The molecule has 0 fully saturated rings. The minimum absolute atomic E-state index is 0.591. The van der Waals surface area contributed by atoms with Crippen molar-refractivity contribution in [2.24, 2.45) is 0 Å². The summed E-state index contributed by atoms with van der Waals surface area (Å²) in [6.45, 7) is 0. The van der Waals surface area contributed by atoms with Crippen molar-refractivity contribution in [1.82, 2.24) is 4.98 Å². The minimum atomic E-state index is 0.591. The van der Waals surface area contributed by atoms with Crippen molar-refractivity contribution in [3.63, 3.8) is 0 Å². The van der Waals surface area contributed by atoms with Gasteiger partial charge in [-0.2, -0.15) is 0 Å². The van der Waals surface area contributed by atoms with E-state index in [0.29, 0.717) is 5.15 Å². The Balaban J connectivity index is 1.88. The highest BCUT2D eigenvalue weighted by atomic mass is 35.5. The molecule has 0 bridgehead atoms. The van der Waals surface area contributed by atoms with Crippen LogP contribution in [0.4, 0.5) is 0 Å². The van der Waals surface area contributed by atoms with Gasteiger partial charge in [0.05, 0.1) is 10.2 Å². The number of rotatable bonds is 0. The zero-order chi connectivity index (χ0) is 17.3. The normalized spacial score (nSPS) is 12.0. The number of fused-ring (bicyclic) bond motifs is 8. The minimum Gasteiger partial charge on any atom is -0.235 e. The lowest BCUT2D eigenvalue weighted by molar-refractivity contribution is 1.46. The van der Waals surface area contributed by atoms with E-state index in [1.54, 1.807) is 11.3 Å². The lowest BCUT2D eigenvalue weighted by atomic mass is 9.98. The Hall–Kier alpha value is -2.68. The van der Waals surface area contributed by atoms with Crippen LogP contribution in [-0.4, -0.2) is 4.98 Å². The van der Waals surface area contributed by atoms with E-state index in [0.717, 1.165) is 10.2 Å². The summed E-state index contributed by atoms with van der Waals surface area (Å²) in [4.78, 5) is 4.73. The van der Waals surface area contributed by atoms with E-state index in [1.165, 1.54) is 42.4 Å². The van der Waals surface area contributed by atoms with Crippen LogP contribution in [-0.2, 0) is 0 Å². The first-order chi connectivity index (χ1) is 12.8.